The van der Waals surface area contributed by atoms with Crippen LogP contribution in [0.5, 0.6) is 5.88 Å². The third kappa shape index (κ3) is 4.58. The summed E-state index contributed by atoms with van der Waals surface area (Å²) in [5, 5.41) is 3.65. The summed E-state index contributed by atoms with van der Waals surface area (Å²) in [6, 6.07) is 5.06. The lowest BCUT2D eigenvalue weighted by atomic mass is 9.96. The first kappa shape index (κ1) is 22.2. The van der Waals surface area contributed by atoms with Crippen molar-refractivity contribution in [3.8, 4) is 5.88 Å². The minimum atomic E-state index is -0.230. The number of amides is 1. The number of likely N-dealkylation sites (tertiary alicyclic amines) is 1. The number of fused-ring (bicyclic) bond motifs is 1. The molecule has 8 nitrogen and oxygen atoms in total. The predicted octanol–water partition coefficient (Wildman–Crippen LogP) is 5.37. The highest BCUT2D eigenvalue weighted by Gasteiger charge is 2.58. The van der Waals surface area contributed by atoms with Crippen molar-refractivity contribution in [2.75, 3.05) is 25.0 Å². The highest BCUT2D eigenvalue weighted by Crippen LogP contribution is 2.58. The van der Waals surface area contributed by atoms with E-state index in [4.69, 9.17) is 27.6 Å². The molecule has 9 heteroatoms. The van der Waals surface area contributed by atoms with Crippen LogP contribution in [0.2, 0.25) is 5.02 Å². The molecule has 2 fully saturated rings. The Labute approximate surface area is 192 Å². The summed E-state index contributed by atoms with van der Waals surface area (Å²) in [6.07, 6.45) is 3.05. The number of carbonyl (C=O) groups is 1. The van der Waals surface area contributed by atoms with Gasteiger partial charge in [0.25, 0.3) is 0 Å². The van der Waals surface area contributed by atoms with E-state index in [0.29, 0.717) is 53.7 Å². The van der Waals surface area contributed by atoms with E-state index >= 15 is 0 Å². The molecule has 1 aromatic carbocycles. The lowest BCUT2D eigenvalue weighted by Crippen LogP contribution is -2.41. The fourth-order valence-electron chi connectivity index (χ4n) is 4.12. The van der Waals surface area contributed by atoms with E-state index in [1.165, 1.54) is 6.33 Å². The standard InChI is InChI=1S/C23H26ClN5O3/c1-14(2)32-22(30)29-8-7-23(10-16(23)11-29)12-31-21-15(3)20(26-13-27-21)28-19-6-5-17(25-4)9-18(19)24/h5-6,9,13-14,16H,7-8,10-12H2,1-3H3,(H,26,27,28). The van der Waals surface area contributed by atoms with Crippen molar-refractivity contribution < 1.29 is 14.3 Å². The molecule has 0 radical (unpaired) electrons. The van der Waals surface area contributed by atoms with E-state index in [2.05, 4.69) is 20.1 Å². The van der Waals surface area contributed by atoms with Gasteiger partial charge in [-0.3, -0.25) is 0 Å². The van der Waals surface area contributed by atoms with Crippen LogP contribution in [0.3, 0.4) is 0 Å². The van der Waals surface area contributed by atoms with Crippen LogP contribution in [0.4, 0.5) is 22.0 Å². The van der Waals surface area contributed by atoms with Gasteiger partial charge >= 0.3 is 6.09 Å². The lowest BCUT2D eigenvalue weighted by Gasteiger charge is -2.31. The van der Waals surface area contributed by atoms with Gasteiger partial charge in [-0.2, -0.15) is 0 Å². The molecule has 32 heavy (non-hydrogen) atoms. The summed E-state index contributed by atoms with van der Waals surface area (Å²) < 4.78 is 11.5. The van der Waals surface area contributed by atoms with Crippen LogP contribution in [-0.4, -0.2) is 46.8 Å². The van der Waals surface area contributed by atoms with Crippen LogP contribution in [0.25, 0.3) is 4.85 Å². The number of aromatic nitrogens is 2. The number of benzene rings is 1. The first-order valence-corrected chi connectivity index (χ1v) is 11.0. The Morgan fingerprint density at radius 2 is 2.25 bits per heavy atom. The highest BCUT2D eigenvalue weighted by atomic mass is 35.5. The average molecular weight is 456 g/mol. The molecule has 1 N–H and O–H groups in total. The maximum Gasteiger partial charge on any atom is 0.410 e. The molecule has 0 spiro atoms. The van der Waals surface area contributed by atoms with Crippen LogP contribution < -0.4 is 10.1 Å². The number of anilines is 2. The largest absolute Gasteiger partial charge is 0.477 e. The summed E-state index contributed by atoms with van der Waals surface area (Å²) in [7, 11) is 0. The number of hydrogen-bond acceptors (Lipinski definition) is 6. The van der Waals surface area contributed by atoms with Crippen LogP contribution in [0.1, 0.15) is 32.3 Å². The summed E-state index contributed by atoms with van der Waals surface area (Å²) in [4.78, 5) is 26.0. The molecule has 1 amide bonds. The third-order valence-electron chi connectivity index (χ3n) is 6.14. The Balaban J connectivity index is 1.38. The second kappa shape index (κ2) is 8.83. The summed E-state index contributed by atoms with van der Waals surface area (Å²) >= 11 is 6.28. The van der Waals surface area contributed by atoms with Crippen LogP contribution >= 0.6 is 11.6 Å². The maximum absolute atomic E-state index is 12.2. The Kier molecular flexibility index (Phi) is 6.11. The van der Waals surface area contributed by atoms with Crippen molar-refractivity contribution in [3.63, 3.8) is 0 Å². The zero-order valence-electron chi connectivity index (χ0n) is 18.4. The first-order chi connectivity index (χ1) is 15.3. The Morgan fingerprint density at radius 3 is 2.94 bits per heavy atom. The van der Waals surface area contributed by atoms with Gasteiger partial charge in [0.1, 0.15) is 12.1 Å². The van der Waals surface area contributed by atoms with Crippen molar-refractivity contribution in [2.24, 2.45) is 11.3 Å². The summed E-state index contributed by atoms with van der Waals surface area (Å²) in [6.45, 7) is 14.7. The number of hydrogen-bond donors (Lipinski definition) is 1. The molecule has 0 bridgehead atoms. The number of piperidine rings is 1. The molecule has 2 aliphatic rings. The fraction of sp³-hybridized carbons (Fsp3) is 0.478. The van der Waals surface area contributed by atoms with Gasteiger partial charge in [0.2, 0.25) is 5.88 Å². The molecule has 1 saturated heterocycles. The molecule has 2 heterocycles. The second-order valence-corrected chi connectivity index (χ2v) is 9.14. The highest BCUT2D eigenvalue weighted by molar-refractivity contribution is 6.33. The predicted molar refractivity (Wildman–Crippen MR) is 122 cm³/mol. The summed E-state index contributed by atoms with van der Waals surface area (Å²) in [5.41, 5.74) is 2.02. The number of rotatable bonds is 6. The molecular formula is C23H26ClN5O3. The maximum atomic E-state index is 12.2. The molecule has 1 aliphatic heterocycles. The number of nitrogens with one attached hydrogen (secondary N) is 1. The van der Waals surface area contributed by atoms with Crippen LogP contribution in [0, 0.1) is 24.8 Å². The molecule has 2 aromatic rings. The van der Waals surface area contributed by atoms with E-state index in [-0.39, 0.29) is 17.6 Å². The van der Waals surface area contributed by atoms with Crippen molar-refractivity contribution in [3.05, 3.63) is 46.5 Å². The monoisotopic (exact) mass is 455 g/mol. The SMILES string of the molecule is [C-]#[N+]c1ccc(Nc2ncnc(OCC34CCN(C(=O)OC(C)C)CC3C4)c2C)c(Cl)c1. The summed E-state index contributed by atoms with van der Waals surface area (Å²) in [5.74, 6) is 1.55. The van der Waals surface area contributed by atoms with Gasteiger partial charge in [-0.15, -0.1) is 0 Å². The first-order valence-electron chi connectivity index (χ1n) is 10.7. The Morgan fingerprint density at radius 1 is 1.44 bits per heavy atom. The van der Waals surface area contributed by atoms with Gasteiger partial charge in [0.15, 0.2) is 5.69 Å². The number of ether oxygens (including phenoxy) is 2. The van der Waals surface area contributed by atoms with Crippen LogP contribution in [-0.2, 0) is 4.74 Å². The number of nitrogens with zero attached hydrogens (tertiary/aromatic N) is 4. The van der Waals surface area contributed by atoms with E-state index in [1.807, 2.05) is 20.8 Å². The van der Waals surface area contributed by atoms with Crippen molar-refractivity contribution in [1.82, 2.24) is 14.9 Å². The van der Waals surface area contributed by atoms with E-state index in [1.54, 1.807) is 23.1 Å². The van der Waals surface area contributed by atoms with Gasteiger partial charge in [-0.05, 0) is 51.7 Å². The zero-order chi connectivity index (χ0) is 22.9. The van der Waals surface area contributed by atoms with Crippen molar-refractivity contribution >= 4 is 34.9 Å². The lowest BCUT2D eigenvalue weighted by molar-refractivity contribution is 0.0586. The van der Waals surface area contributed by atoms with Gasteiger partial charge in [-0.1, -0.05) is 17.7 Å². The normalized spacial score (nSPS) is 21.5. The molecular weight excluding hydrogens is 430 g/mol. The number of carbonyl (C=O) groups excluding carboxylic acids is 1. The van der Waals surface area contributed by atoms with E-state index in [9.17, 15) is 4.79 Å². The minimum absolute atomic E-state index is 0.0957. The van der Waals surface area contributed by atoms with E-state index < -0.39 is 0 Å². The van der Waals surface area contributed by atoms with Gasteiger partial charge in [-0.25, -0.2) is 19.6 Å². The molecule has 1 saturated carbocycles. The molecule has 4 rings (SSSR count). The second-order valence-electron chi connectivity index (χ2n) is 8.73. The molecule has 1 aliphatic carbocycles. The molecule has 168 valence electrons. The van der Waals surface area contributed by atoms with Crippen molar-refractivity contribution in [2.45, 2.75) is 39.7 Å². The average Bonchev–Trinajstić information content (AvgIpc) is 3.49. The topological polar surface area (TPSA) is 80.9 Å². The van der Waals surface area contributed by atoms with Gasteiger partial charge in [0.05, 0.1) is 35.6 Å². The van der Waals surface area contributed by atoms with Crippen molar-refractivity contribution in [1.29, 1.82) is 0 Å². The third-order valence-corrected chi connectivity index (χ3v) is 6.46. The number of halogens is 1. The van der Waals surface area contributed by atoms with Gasteiger partial charge in [0, 0.05) is 18.5 Å². The van der Waals surface area contributed by atoms with Gasteiger partial charge < -0.3 is 19.7 Å². The smallest absolute Gasteiger partial charge is 0.410 e. The molecule has 2 unspecified atom stereocenters. The fourth-order valence-corrected chi connectivity index (χ4v) is 4.34. The Bertz CT molecular complexity index is 1070. The quantitative estimate of drug-likeness (QED) is 0.590. The Hall–Kier alpha value is -3.05. The molecule has 1 aromatic heterocycles. The molecule has 2 atom stereocenters. The zero-order valence-corrected chi connectivity index (χ0v) is 19.1. The minimum Gasteiger partial charge on any atom is -0.477 e. The van der Waals surface area contributed by atoms with E-state index in [0.717, 1.165) is 18.4 Å². The van der Waals surface area contributed by atoms with Crippen LogP contribution in [0.15, 0.2) is 24.5 Å².